The van der Waals surface area contributed by atoms with Crippen molar-refractivity contribution in [3.63, 3.8) is 0 Å². The van der Waals surface area contributed by atoms with Crippen molar-refractivity contribution in [1.82, 2.24) is 0 Å². The van der Waals surface area contributed by atoms with Crippen molar-refractivity contribution in [1.29, 1.82) is 0 Å². The average Bonchev–Trinajstić information content (AvgIpc) is 2.65. The van der Waals surface area contributed by atoms with Gasteiger partial charge in [0, 0.05) is 4.47 Å². The van der Waals surface area contributed by atoms with Crippen LogP contribution in [0.15, 0.2) is 22.7 Å². The Morgan fingerprint density at radius 2 is 1.44 bits per heavy atom. The first kappa shape index (κ1) is 22.9. The van der Waals surface area contributed by atoms with Crippen LogP contribution in [-0.4, -0.2) is 19.5 Å². The Kier molecular flexibility index (Phi) is 5.79. The molecule has 1 aromatic carbocycles. The minimum absolute atomic E-state index is 0.142. The maximum Gasteiger partial charge on any atom is 0.193 e. The zero-order valence-electron chi connectivity index (χ0n) is 18.8. The van der Waals surface area contributed by atoms with E-state index in [1.165, 1.54) is 0 Å². The molecule has 1 aliphatic rings. The van der Waals surface area contributed by atoms with Crippen molar-refractivity contribution in [3.8, 4) is 0 Å². The van der Waals surface area contributed by atoms with E-state index in [1.54, 1.807) is 5.23 Å². The Morgan fingerprint density at radius 3 is 1.89 bits per heavy atom. The number of benzene rings is 1. The van der Waals surface area contributed by atoms with E-state index in [1.807, 2.05) is 39.8 Å². The average molecular weight is 459 g/mol. The van der Waals surface area contributed by atoms with Gasteiger partial charge < -0.3 is 4.43 Å². The van der Waals surface area contributed by atoms with Gasteiger partial charge in [-0.15, -0.1) is 5.23 Å². The summed E-state index contributed by atoms with van der Waals surface area (Å²) in [6, 6.07) is 6.12. The van der Waals surface area contributed by atoms with Gasteiger partial charge in [0.25, 0.3) is 0 Å². The van der Waals surface area contributed by atoms with Gasteiger partial charge in [-0.1, -0.05) is 36.7 Å². The number of anilines is 1. The first-order valence-corrected chi connectivity index (χ1v) is 13.3. The third kappa shape index (κ3) is 4.45. The highest BCUT2D eigenvalue weighted by molar-refractivity contribution is 9.10. The zero-order chi connectivity index (χ0) is 21.1. The largest absolute Gasteiger partial charge is 0.408 e. The lowest BCUT2D eigenvalue weighted by Crippen LogP contribution is -2.46. The second-order valence-electron chi connectivity index (χ2n) is 10.5. The fourth-order valence-electron chi connectivity index (χ4n) is 2.69. The molecule has 4 nitrogen and oxygen atoms in total. The normalized spacial score (nSPS) is 20.2. The lowest BCUT2D eigenvalue weighted by atomic mass is 9.90. The summed E-state index contributed by atoms with van der Waals surface area (Å²) >= 11 is 3.71. The molecule has 1 aliphatic heterocycles. The molecule has 1 fully saturated rings. The lowest BCUT2D eigenvalue weighted by Gasteiger charge is -2.43. The molecule has 0 bridgehead atoms. The van der Waals surface area contributed by atoms with E-state index >= 15 is 0 Å². The van der Waals surface area contributed by atoms with Crippen LogP contribution in [0.25, 0.3) is 0 Å². The molecule has 2 rings (SSSR count). The van der Waals surface area contributed by atoms with Gasteiger partial charge in [0.1, 0.15) is 11.2 Å². The molecule has 1 aromatic rings. The highest BCUT2D eigenvalue weighted by Gasteiger charge is 2.50. The third-order valence-electron chi connectivity index (χ3n) is 6.20. The van der Waals surface area contributed by atoms with Crippen molar-refractivity contribution in [2.75, 3.05) is 5.23 Å². The lowest BCUT2D eigenvalue weighted by molar-refractivity contribution is -0.0274. The maximum absolute atomic E-state index is 6.76. The summed E-state index contributed by atoms with van der Waals surface area (Å²) in [7, 11) is -1.94. The molecule has 1 saturated heterocycles. The minimum atomic E-state index is -1.94. The third-order valence-corrected chi connectivity index (χ3v) is 11.5. The highest BCUT2D eigenvalue weighted by Crippen LogP contribution is 2.45. The summed E-state index contributed by atoms with van der Waals surface area (Å²) in [5, 5.41) is 1.68. The standard InChI is InChI=1S/C21H36BrNO3Si/c1-18(2,3)27(10,11)26-19(4,5)16-14-15(12-13-17(16)22)23-24-20(6,7)21(8,9)25-23/h12-14H,1-11H3. The van der Waals surface area contributed by atoms with Gasteiger partial charge >= 0.3 is 0 Å². The second-order valence-corrected chi connectivity index (χ2v) is 16.1. The molecular weight excluding hydrogens is 422 g/mol. The van der Waals surface area contributed by atoms with Gasteiger partial charge in [-0.2, -0.15) is 0 Å². The quantitative estimate of drug-likeness (QED) is 0.457. The predicted molar refractivity (Wildman–Crippen MR) is 118 cm³/mol. The first-order chi connectivity index (χ1) is 11.9. The van der Waals surface area contributed by atoms with Crippen LogP contribution in [0.2, 0.25) is 18.1 Å². The maximum atomic E-state index is 6.76. The van der Waals surface area contributed by atoms with Crippen molar-refractivity contribution in [3.05, 3.63) is 28.2 Å². The van der Waals surface area contributed by atoms with Crippen molar-refractivity contribution >= 4 is 29.9 Å². The molecule has 0 saturated carbocycles. The van der Waals surface area contributed by atoms with E-state index < -0.39 is 25.1 Å². The SMILES string of the molecule is CC(C)(O[Si](C)(C)C(C)(C)C)c1cc(N2OC(C)(C)C(C)(C)O2)ccc1Br. The Bertz CT molecular complexity index is 692. The molecule has 154 valence electrons. The topological polar surface area (TPSA) is 30.9 Å². The molecular formula is C21H36BrNO3Si. The second kappa shape index (κ2) is 6.84. The Labute approximate surface area is 174 Å². The van der Waals surface area contributed by atoms with Crippen LogP contribution in [0.5, 0.6) is 0 Å². The van der Waals surface area contributed by atoms with Crippen LogP contribution in [0, 0.1) is 0 Å². The Balaban J connectivity index is 2.38. The molecule has 0 radical (unpaired) electrons. The van der Waals surface area contributed by atoms with Gasteiger partial charge in [-0.25, -0.2) is 9.68 Å². The molecule has 0 unspecified atom stereocenters. The number of hydrogen-bond acceptors (Lipinski definition) is 4. The summed E-state index contributed by atoms with van der Waals surface area (Å²) in [5.41, 5.74) is 0.655. The van der Waals surface area contributed by atoms with Gasteiger partial charge in [-0.3, -0.25) is 0 Å². The molecule has 1 heterocycles. The monoisotopic (exact) mass is 457 g/mol. The van der Waals surface area contributed by atoms with Gasteiger partial charge in [-0.05, 0) is 83.4 Å². The van der Waals surface area contributed by atoms with E-state index in [0.29, 0.717) is 0 Å². The number of nitrogens with zero attached hydrogens (tertiary/aromatic N) is 1. The number of halogens is 1. The summed E-state index contributed by atoms with van der Waals surface area (Å²) in [5.74, 6) is 0. The van der Waals surface area contributed by atoms with Crippen LogP contribution in [-0.2, 0) is 19.7 Å². The van der Waals surface area contributed by atoms with Crippen LogP contribution < -0.4 is 5.23 Å². The fraction of sp³-hybridized carbons (Fsp3) is 0.714. The Hall–Kier alpha value is -0.403. The van der Waals surface area contributed by atoms with Crippen LogP contribution in [0.1, 0.15) is 67.9 Å². The highest BCUT2D eigenvalue weighted by atomic mass is 79.9. The summed E-state index contributed by atoms with van der Waals surface area (Å²) < 4.78 is 7.79. The fourth-order valence-corrected chi connectivity index (χ4v) is 5.11. The molecule has 0 aromatic heterocycles. The van der Waals surface area contributed by atoms with E-state index in [4.69, 9.17) is 14.1 Å². The number of hydrogen-bond donors (Lipinski definition) is 0. The van der Waals surface area contributed by atoms with Gasteiger partial charge in [0.05, 0.1) is 11.3 Å². The van der Waals surface area contributed by atoms with E-state index in [-0.39, 0.29) is 5.04 Å². The molecule has 0 amide bonds. The summed E-state index contributed by atoms with van der Waals surface area (Å²) in [6.45, 7) is 23.8. The zero-order valence-corrected chi connectivity index (χ0v) is 21.4. The summed E-state index contributed by atoms with van der Waals surface area (Å²) in [4.78, 5) is 12.2. The van der Waals surface area contributed by atoms with Gasteiger partial charge in [0.15, 0.2) is 8.32 Å². The Morgan fingerprint density at radius 1 is 0.963 bits per heavy atom. The summed E-state index contributed by atoms with van der Waals surface area (Å²) in [6.07, 6.45) is 0. The van der Waals surface area contributed by atoms with E-state index in [2.05, 4.69) is 69.7 Å². The predicted octanol–water partition coefficient (Wildman–Crippen LogP) is 6.95. The first-order valence-electron chi connectivity index (χ1n) is 9.58. The minimum Gasteiger partial charge on any atom is -0.408 e. The molecule has 27 heavy (non-hydrogen) atoms. The molecule has 0 N–H and O–H groups in total. The van der Waals surface area contributed by atoms with Crippen molar-refractivity contribution in [2.24, 2.45) is 0 Å². The van der Waals surface area contributed by atoms with Crippen LogP contribution in [0.4, 0.5) is 5.69 Å². The van der Waals surface area contributed by atoms with Crippen molar-refractivity contribution in [2.45, 2.75) is 97.2 Å². The molecule has 0 aliphatic carbocycles. The van der Waals surface area contributed by atoms with E-state index in [0.717, 1.165) is 15.7 Å². The van der Waals surface area contributed by atoms with Crippen LogP contribution >= 0.6 is 15.9 Å². The van der Waals surface area contributed by atoms with E-state index in [9.17, 15) is 0 Å². The molecule has 6 heteroatoms. The van der Waals surface area contributed by atoms with Crippen molar-refractivity contribution < 1.29 is 14.1 Å². The molecule has 0 spiro atoms. The number of rotatable bonds is 4. The molecule has 0 atom stereocenters. The smallest absolute Gasteiger partial charge is 0.193 e. The van der Waals surface area contributed by atoms with Crippen LogP contribution in [0.3, 0.4) is 0 Å². The van der Waals surface area contributed by atoms with Gasteiger partial charge in [0.2, 0.25) is 0 Å².